The minimum Gasteiger partial charge on any atom is -0.459 e. The first-order valence-corrected chi connectivity index (χ1v) is 12.6. The van der Waals surface area contributed by atoms with E-state index >= 15 is 0 Å². The summed E-state index contributed by atoms with van der Waals surface area (Å²) in [5.41, 5.74) is 3.95. The number of carbonyl (C=O) groups is 3. The van der Waals surface area contributed by atoms with Crippen LogP contribution in [0.2, 0.25) is 0 Å². The van der Waals surface area contributed by atoms with Gasteiger partial charge in [0.2, 0.25) is 0 Å². The van der Waals surface area contributed by atoms with Crippen molar-refractivity contribution in [3.8, 4) is 0 Å². The zero-order valence-electron chi connectivity index (χ0n) is 20.7. The average Bonchev–Trinajstić information content (AvgIpc) is 3.09. The number of ether oxygens (including phenoxy) is 1. The van der Waals surface area contributed by atoms with Gasteiger partial charge < -0.3 is 10.1 Å². The van der Waals surface area contributed by atoms with Gasteiger partial charge in [0.05, 0.1) is 17.4 Å². The van der Waals surface area contributed by atoms with Crippen LogP contribution in [0.25, 0.3) is 0 Å². The Morgan fingerprint density at radius 3 is 2.14 bits per heavy atom. The van der Waals surface area contributed by atoms with Crippen LogP contribution in [-0.2, 0) is 20.7 Å². The molecule has 1 aliphatic rings. The third-order valence-electron chi connectivity index (χ3n) is 5.62. The number of aryl methyl sites for hydroxylation is 2. The Morgan fingerprint density at radius 1 is 0.917 bits per heavy atom. The molecule has 184 valence electrons. The van der Waals surface area contributed by atoms with Gasteiger partial charge in [-0.15, -0.1) is 0 Å². The number of esters is 1. The lowest BCUT2D eigenvalue weighted by molar-refractivity contribution is -0.120. The van der Waals surface area contributed by atoms with Gasteiger partial charge in [0, 0.05) is 10.6 Å². The molecule has 4 rings (SSSR count). The zero-order valence-corrected chi connectivity index (χ0v) is 21.5. The maximum absolute atomic E-state index is 13.5. The Hall–Kier alpha value is -3.84. The Morgan fingerprint density at radius 2 is 1.56 bits per heavy atom. The van der Waals surface area contributed by atoms with Crippen molar-refractivity contribution in [3.63, 3.8) is 0 Å². The number of nitrogens with zero attached hydrogens (tertiary/aromatic N) is 1. The molecular formula is C29H28N2O4S. The average molecular weight is 501 g/mol. The highest BCUT2D eigenvalue weighted by molar-refractivity contribution is 8.04. The summed E-state index contributed by atoms with van der Waals surface area (Å²) in [5, 5.41) is 3.18. The van der Waals surface area contributed by atoms with Gasteiger partial charge in [0.15, 0.2) is 0 Å². The highest BCUT2D eigenvalue weighted by Crippen LogP contribution is 2.38. The molecule has 1 heterocycles. The fourth-order valence-corrected chi connectivity index (χ4v) is 4.60. The molecule has 0 bridgehead atoms. The molecule has 3 aromatic carbocycles. The first kappa shape index (κ1) is 25.3. The Labute approximate surface area is 215 Å². The second-order valence-corrected chi connectivity index (χ2v) is 9.83. The molecule has 6 nitrogen and oxygen atoms in total. The number of amides is 2. The lowest BCUT2D eigenvalue weighted by Gasteiger charge is -2.16. The van der Waals surface area contributed by atoms with Crippen LogP contribution in [0, 0.1) is 6.92 Å². The number of carbonyl (C=O) groups excluding carboxylic acids is 3. The number of nitrogens with one attached hydrogen (secondary N) is 1. The summed E-state index contributed by atoms with van der Waals surface area (Å²) >= 11 is 1.25. The lowest BCUT2D eigenvalue weighted by Crippen LogP contribution is -2.32. The van der Waals surface area contributed by atoms with Crippen molar-refractivity contribution in [3.05, 3.63) is 100 Å². The van der Waals surface area contributed by atoms with Crippen LogP contribution >= 0.6 is 11.8 Å². The third-order valence-corrected chi connectivity index (χ3v) is 6.71. The predicted molar refractivity (Wildman–Crippen MR) is 143 cm³/mol. The Bertz CT molecular complexity index is 1310. The summed E-state index contributed by atoms with van der Waals surface area (Å²) in [6, 6.07) is 21.8. The molecule has 0 aromatic heterocycles. The molecule has 0 fully saturated rings. The van der Waals surface area contributed by atoms with E-state index < -0.39 is 17.8 Å². The highest BCUT2D eigenvalue weighted by Gasteiger charge is 2.40. The van der Waals surface area contributed by atoms with E-state index in [-0.39, 0.29) is 11.8 Å². The number of thioether (sulfide) groups is 1. The van der Waals surface area contributed by atoms with Crippen molar-refractivity contribution in [2.45, 2.75) is 45.1 Å². The van der Waals surface area contributed by atoms with Gasteiger partial charge in [-0.3, -0.25) is 9.59 Å². The molecule has 0 unspecified atom stereocenters. The normalized spacial score (nSPS) is 13.5. The van der Waals surface area contributed by atoms with E-state index in [0.29, 0.717) is 16.2 Å². The fourth-order valence-electron chi connectivity index (χ4n) is 3.67. The molecular weight excluding hydrogens is 472 g/mol. The zero-order chi connectivity index (χ0) is 25.8. The maximum Gasteiger partial charge on any atom is 0.338 e. The van der Waals surface area contributed by atoms with Gasteiger partial charge in [0.25, 0.3) is 11.8 Å². The Balaban J connectivity index is 1.66. The first-order valence-electron chi connectivity index (χ1n) is 11.8. The van der Waals surface area contributed by atoms with Gasteiger partial charge in [-0.25, -0.2) is 9.69 Å². The molecule has 1 N–H and O–H groups in total. The molecule has 7 heteroatoms. The molecule has 1 aliphatic heterocycles. The standard InChI is InChI=1S/C29H28N2O4S/c1-5-20-8-12-22(13-9-20)30-25-26(36-24-16-6-19(4)7-17-24)28(33)31(27(25)32)23-14-10-21(11-15-23)29(34)35-18(2)3/h6-18,30H,5H2,1-4H3. The van der Waals surface area contributed by atoms with Crippen molar-refractivity contribution in [1.82, 2.24) is 0 Å². The van der Waals surface area contributed by atoms with Crippen LogP contribution in [0.15, 0.2) is 88.3 Å². The summed E-state index contributed by atoms with van der Waals surface area (Å²) in [7, 11) is 0. The molecule has 2 amide bonds. The molecule has 0 radical (unpaired) electrons. The number of imide groups is 1. The first-order chi connectivity index (χ1) is 17.3. The summed E-state index contributed by atoms with van der Waals surface area (Å²) in [4.78, 5) is 41.6. The van der Waals surface area contributed by atoms with Gasteiger partial charge >= 0.3 is 5.97 Å². The second-order valence-electron chi connectivity index (χ2n) is 8.74. The lowest BCUT2D eigenvalue weighted by atomic mass is 10.1. The van der Waals surface area contributed by atoms with Crippen molar-refractivity contribution < 1.29 is 19.1 Å². The third kappa shape index (κ3) is 5.52. The molecule has 0 aliphatic carbocycles. The Kier molecular flexibility index (Phi) is 7.60. The van der Waals surface area contributed by atoms with Crippen LogP contribution in [0.3, 0.4) is 0 Å². The van der Waals surface area contributed by atoms with Crippen LogP contribution in [0.5, 0.6) is 0 Å². The van der Waals surface area contributed by atoms with E-state index in [9.17, 15) is 14.4 Å². The van der Waals surface area contributed by atoms with Gasteiger partial charge in [-0.2, -0.15) is 0 Å². The summed E-state index contributed by atoms with van der Waals surface area (Å²) < 4.78 is 5.23. The van der Waals surface area contributed by atoms with Crippen LogP contribution in [-0.4, -0.2) is 23.9 Å². The summed E-state index contributed by atoms with van der Waals surface area (Å²) in [5.74, 6) is -1.33. The van der Waals surface area contributed by atoms with Crippen LogP contribution in [0.4, 0.5) is 11.4 Å². The maximum atomic E-state index is 13.5. The molecule has 0 spiro atoms. The van der Waals surface area contributed by atoms with Crippen molar-refractivity contribution in [1.29, 1.82) is 0 Å². The van der Waals surface area contributed by atoms with Crippen molar-refractivity contribution >= 4 is 40.9 Å². The van der Waals surface area contributed by atoms with Crippen LogP contribution in [0.1, 0.15) is 42.3 Å². The minimum absolute atomic E-state index is 0.220. The van der Waals surface area contributed by atoms with E-state index in [0.717, 1.165) is 27.5 Å². The number of anilines is 2. The van der Waals surface area contributed by atoms with Crippen LogP contribution < -0.4 is 10.2 Å². The van der Waals surface area contributed by atoms with Crippen molar-refractivity contribution in [2.75, 3.05) is 10.2 Å². The highest BCUT2D eigenvalue weighted by atomic mass is 32.2. The molecule has 0 saturated heterocycles. The predicted octanol–water partition coefficient (Wildman–Crippen LogP) is 6.11. The number of hydrogen-bond donors (Lipinski definition) is 1. The van der Waals surface area contributed by atoms with Gasteiger partial charge in [0.1, 0.15) is 10.6 Å². The van der Waals surface area contributed by atoms with Gasteiger partial charge in [-0.05, 0) is 81.3 Å². The molecule has 0 atom stereocenters. The largest absolute Gasteiger partial charge is 0.459 e. The summed E-state index contributed by atoms with van der Waals surface area (Å²) in [6.45, 7) is 7.62. The second kappa shape index (κ2) is 10.8. The molecule has 3 aromatic rings. The smallest absolute Gasteiger partial charge is 0.338 e. The topological polar surface area (TPSA) is 75.7 Å². The number of rotatable bonds is 8. The van der Waals surface area contributed by atoms with E-state index in [1.807, 2.05) is 55.5 Å². The van der Waals surface area contributed by atoms with E-state index in [1.54, 1.807) is 38.1 Å². The fraction of sp³-hybridized carbons (Fsp3) is 0.207. The number of hydrogen-bond acceptors (Lipinski definition) is 6. The SMILES string of the molecule is CCc1ccc(NC2=C(Sc3ccc(C)cc3)C(=O)N(c3ccc(C(=O)OC(C)C)cc3)C2=O)cc1. The van der Waals surface area contributed by atoms with E-state index in [1.165, 1.54) is 17.3 Å². The van der Waals surface area contributed by atoms with E-state index in [2.05, 4.69) is 12.2 Å². The quantitative estimate of drug-likeness (QED) is 0.297. The summed E-state index contributed by atoms with van der Waals surface area (Å²) in [6.07, 6.45) is 0.660. The van der Waals surface area contributed by atoms with E-state index in [4.69, 9.17) is 4.74 Å². The minimum atomic E-state index is -0.456. The van der Waals surface area contributed by atoms with Crippen molar-refractivity contribution in [2.24, 2.45) is 0 Å². The van der Waals surface area contributed by atoms with Gasteiger partial charge in [-0.1, -0.05) is 48.5 Å². The molecule has 36 heavy (non-hydrogen) atoms. The monoisotopic (exact) mass is 500 g/mol. The molecule has 0 saturated carbocycles. The number of benzene rings is 3.